The van der Waals surface area contributed by atoms with Gasteiger partial charge in [0.05, 0.1) is 11.4 Å². The van der Waals surface area contributed by atoms with Crippen molar-refractivity contribution in [2.24, 2.45) is 0 Å². The standard InChI is InChI=1S/C23H31N3O3S/c1-5-20-8-6-7-18(3)23(20)24-22(27)16-25-11-13-26(14-12-25)30(28,29)21-10-9-17(2)15-19(21)4/h6-10,15H,5,11-14,16H2,1-4H3,(H,24,27). The van der Waals surface area contributed by atoms with Gasteiger partial charge in [-0.25, -0.2) is 8.42 Å². The number of anilines is 1. The van der Waals surface area contributed by atoms with E-state index in [1.165, 1.54) is 4.31 Å². The van der Waals surface area contributed by atoms with E-state index < -0.39 is 10.0 Å². The molecule has 1 heterocycles. The number of nitrogens with zero attached hydrogens (tertiary/aromatic N) is 2. The highest BCUT2D eigenvalue weighted by atomic mass is 32.2. The number of benzene rings is 2. The van der Waals surface area contributed by atoms with E-state index in [1.807, 2.05) is 56.0 Å². The Hall–Kier alpha value is -2.22. The molecular weight excluding hydrogens is 398 g/mol. The van der Waals surface area contributed by atoms with Crippen LogP contribution in [0.1, 0.15) is 29.2 Å². The zero-order chi connectivity index (χ0) is 21.9. The molecule has 2 aromatic carbocycles. The number of sulfonamides is 1. The summed E-state index contributed by atoms with van der Waals surface area (Å²) in [6.45, 7) is 9.93. The number of piperazine rings is 1. The Morgan fingerprint density at radius 1 is 1.00 bits per heavy atom. The van der Waals surface area contributed by atoms with E-state index in [0.717, 1.165) is 34.4 Å². The van der Waals surface area contributed by atoms with Crippen LogP contribution in [0.15, 0.2) is 41.3 Å². The first-order valence-corrected chi connectivity index (χ1v) is 11.8. The van der Waals surface area contributed by atoms with Crippen molar-refractivity contribution in [1.29, 1.82) is 0 Å². The van der Waals surface area contributed by atoms with Gasteiger partial charge < -0.3 is 5.32 Å². The fraction of sp³-hybridized carbons (Fsp3) is 0.435. The molecule has 3 rings (SSSR count). The molecule has 6 nitrogen and oxygen atoms in total. The van der Waals surface area contributed by atoms with Crippen LogP contribution in [0.25, 0.3) is 0 Å². The Morgan fingerprint density at radius 3 is 2.33 bits per heavy atom. The summed E-state index contributed by atoms with van der Waals surface area (Å²) in [5, 5.41) is 3.04. The third-order valence-corrected chi connectivity index (χ3v) is 7.71. The van der Waals surface area contributed by atoms with Gasteiger partial charge in [-0.1, -0.05) is 42.8 Å². The van der Waals surface area contributed by atoms with E-state index in [-0.39, 0.29) is 12.5 Å². The van der Waals surface area contributed by atoms with Crippen LogP contribution < -0.4 is 5.32 Å². The number of hydrogen-bond acceptors (Lipinski definition) is 4. The van der Waals surface area contributed by atoms with E-state index in [2.05, 4.69) is 12.2 Å². The van der Waals surface area contributed by atoms with E-state index in [0.29, 0.717) is 31.1 Å². The second kappa shape index (κ2) is 9.29. The molecule has 0 aliphatic carbocycles. The molecule has 7 heteroatoms. The number of carbonyl (C=O) groups excluding carboxylic acids is 1. The average molecular weight is 430 g/mol. The lowest BCUT2D eigenvalue weighted by molar-refractivity contribution is -0.117. The number of rotatable bonds is 6. The van der Waals surface area contributed by atoms with Gasteiger partial charge in [0.2, 0.25) is 15.9 Å². The topological polar surface area (TPSA) is 69.7 Å². The van der Waals surface area contributed by atoms with Crippen molar-refractivity contribution in [2.75, 3.05) is 38.0 Å². The lowest BCUT2D eigenvalue weighted by Crippen LogP contribution is -2.50. The fourth-order valence-electron chi connectivity index (χ4n) is 3.94. The normalized spacial score (nSPS) is 15.9. The third-order valence-electron chi connectivity index (χ3n) is 5.65. The van der Waals surface area contributed by atoms with Crippen LogP contribution in [0.5, 0.6) is 0 Å². The first-order valence-electron chi connectivity index (χ1n) is 10.4. The minimum Gasteiger partial charge on any atom is -0.324 e. The van der Waals surface area contributed by atoms with Gasteiger partial charge in [0.1, 0.15) is 0 Å². The first kappa shape index (κ1) is 22.5. The molecule has 1 N–H and O–H groups in total. The Bertz CT molecular complexity index is 1030. The van der Waals surface area contributed by atoms with Gasteiger partial charge >= 0.3 is 0 Å². The molecule has 1 amide bonds. The lowest BCUT2D eigenvalue weighted by Gasteiger charge is -2.33. The molecular formula is C23H31N3O3S. The smallest absolute Gasteiger partial charge is 0.243 e. The van der Waals surface area contributed by atoms with Gasteiger partial charge in [0.25, 0.3) is 0 Å². The molecule has 1 aliphatic rings. The average Bonchev–Trinajstić information content (AvgIpc) is 2.69. The van der Waals surface area contributed by atoms with Crippen LogP contribution in [0, 0.1) is 20.8 Å². The lowest BCUT2D eigenvalue weighted by atomic mass is 10.1. The number of hydrogen-bond donors (Lipinski definition) is 1. The Labute approximate surface area is 179 Å². The summed E-state index contributed by atoms with van der Waals surface area (Å²) in [7, 11) is -3.52. The van der Waals surface area contributed by atoms with Crippen LogP contribution in [0.3, 0.4) is 0 Å². The van der Waals surface area contributed by atoms with E-state index in [9.17, 15) is 13.2 Å². The molecule has 1 saturated heterocycles. The van der Waals surface area contributed by atoms with E-state index in [1.54, 1.807) is 6.07 Å². The number of carbonyl (C=O) groups is 1. The maximum absolute atomic E-state index is 13.0. The van der Waals surface area contributed by atoms with Crippen molar-refractivity contribution in [3.8, 4) is 0 Å². The van der Waals surface area contributed by atoms with Crippen molar-refractivity contribution < 1.29 is 13.2 Å². The van der Waals surface area contributed by atoms with Crippen LogP contribution in [0.4, 0.5) is 5.69 Å². The van der Waals surface area contributed by atoms with Gasteiger partial charge in [0.15, 0.2) is 0 Å². The highest BCUT2D eigenvalue weighted by molar-refractivity contribution is 7.89. The van der Waals surface area contributed by atoms with Crippen molar-refractivity contribution in [1.82, 2.24) is 9.21 Å². The van der Waals surface area contributed by atoms with Crippen LogP contribution in [0.2, 0.25) is 0 Å². The second-order valence-corrected chi connectivity index (χ2v) is 9.87. The molecule has 0 spiro atoms. The zero-order valence-electron chi connectivity index (χ0n) is 18.2. The van der Waals surface area contributed by atoms with Gasteiger partial charge in [-0.05, 0) is 49.9 Å². The van der Waals surface area contributed by atoms with Gasteiger partial charge in [-0.2, -0.15) is 4.31 Å². The summed E-state index contributed by atoms with van der Waals surface area (Å²) in [5.41, 5.74) is 4.87. The fourth-order valence-corrected chi connectivity index (χ4v) is 5.57. The number of para-hydroxylation sites is 1. The molecule has 2 aromatic rings. The molecule has 0 bridgehead atoms. The summed E-state index contributed by atoms with van der Waals surface area (Å²) >= 11 is 0. The summed E-state index contributed by atoms with van der Waals surface area (Å²) in [5.74, 6) is -0.0651. The monoisotopic (exact) mass is 429 g/mol. The zero-order valence-corrected chi connectivity index (χ0v) is 19.1. The molecule has 30 heavy (non-hydrogen) atoms. The van der Waals surface area contributed by atoms with E-state index in [4.69, 9.17) is 0 Å². The molecule has 0 radical (unpaired) electrons. The van der Waals surface area contributed by atoms with Crippen LogP contribution >= 0.6 is 0 Å². The van der Waals surface area contributed by atoms with E-state index >= 15 is 0 Å². The van der Waals surface area contributed by atoms with Crippen molar-refractivity contribution in [3.63, 3.8) is 0 Å². The predicted molar refractivity (Wildman–Crippen MR) is 120 cm³/mol. The third kappa shape index (κ3) is 4.91. The SMILES string of the molecule is CCc1cccc(C)c1NC(=O)CN1CCN(S(=O)(=O)c2ccc(C)cc2C)CC1. The largest absolute Gasteiger partial charge is 0.324 e. The number of amides is 1. The molecule has 0 atom stereocenters. The molecule has 162 valence electrons. The van der Waals surface area contributed by atoms with Crippen molar-refractivity contribution in [2.45, 2.75) is 39.0 Å². The maximum Gasteiger partial charge on any atom is 0.243 e. The molecule has 1 fully saturated rings. The molecule has 1 aliphatic heterocycles. The summed E-state index contributed by atoms with van der Waals surface area (Å²) < 4.78 is 27.6. The summed E-state index contributed by atoms with van der Waals surface area (Å²) in [6.07, 6.45) is 0.853. The minimum absolute atomic E-state index is 0.0651. The number of aryl methyl sites for hydroxylation is 4. The van der Waals surface area contributed by atoms with Gasteiger partial charge in [-0.15, -0.1) is 0 Å². The van der Waals surface area contributed by atoms with Crippen molar-refractivity contribution in [3.05, 3.63) is 58.7 Å². The quantitative estimate of drug-likeness (QED) is 0.766. The van der Waals surface area contributed by atoms with Crippen LogP contribution in [-0.2, 0) is 21.2 Å². The Kier molecular flexibility index (Phi) is 6.95. The number of nitrogens with one attached hydrogen (secondary N) is 1. The van der Waals surface area contributed by atoms with Crippen LogP contribution in [-0.4, -0.2) is 56.3 Å². The van der Waals surface area contributed by atoms with Gasteiger partial charge in [-0.3, -0.25) is 9.69 Å². The molecule has 0 saturated carbocycles. The molecule has 0 unspecified atom stereocenters. The van der Waals surface area contributed by atoms with Gasteiger partial charge in [0, 0.05) is 31.9 Å². The summed E-state index contributed by atoms with van der Waals surface area (Å²) in [6, 6.07) is 11.4. The van der Waals surface area contributed by atoms with Crippen molar-refractivity contribution >= 4 is 21.6 Å². The highest BCUT2D eigenvalue weighted by Crippen LogP contribution is 2.23. The second-order valence-electron chi connectivity index (χ2n) is 7.96. The molecule has 0 aromatic heterocycles. The Balaban J connectivity index is 1.60. The Morgan fingerprint density at radius 2 is 1.70 bits per heavy atom. The first-order chi connectivity index (χ1) is 14.2. The summed E-state index contributed by atoms with van der Waals surface area (Å²) in [4.78, 5) is 15.0. The minimum atomic E-state index is -3.52. The highest BCUT2D eigenvalue weighted by Gasteiger charge is 2.30. The maximum atomic E-state index is 13.0. The predicted octanol–water partition coefficient (Wildman–Crippen LogP) is 3.12.